The second kappa shape index (κ2) is 8.19. The summed E-state index contributed by atoms with van der Waals surface area (Å²) >= 11 is 0. The van der Waals surface area contributed by atoms with Gasteiger partial charge >= 0.3 is 0 Å². The molecule has 0 saturated carbocycles. The highest BCUT2D eigenvalue weighted by atomic mass is 16.5. The van der Waals surface area contributed by atoms with Gasteiger partial charge in [0.25, 0.3) is 5.91 Å². The van der Waals surface area contributed by atoms with Crippen molar-refractivity contribution in [2.75, 3.05) is 13.1 Å². The summed E-state index contributed by atoms with van der Waals surface area (Å²) in [5.41, 5.74) is 0.699. The number of piperidine rings is 1. The number of rotatable bonds is 5. The highest BCUT2D eigenvalue weighted by Gasteiger charge is 2.24. The van der Waals surface area contributed by atoms with Crippen LogP contribution < -0.4 is 4.74 Å². The minimum absolute atomic E-state index is 0.106. The van der Waals surface area contributed by atoms with Gasteiger partial charge in [-0.2, -0.15) is 0 Å². The summed E-state index contributed by atoms with van der Waals surface area (Å²) in [7, 11) is 0. The Morgan fingerprint density at radius 3 is 2.36 bits per heavy atom. The third-order valence-corrected chi connectivity index (χ3v) is 4.66. The average Bonchev–Trinajstić information content (AvgIpc) is 2.62. The lowest BCUT2D eigenvalue weighted by Gasteiger charge is -2.32. The van der Waals surface area contributed by atoms with Crippen LogP contribution >= 0.6 is 0 Å². The van der Waals surface area contributed by atoms with E-state index in [1.54, 1.807) is 0 Å². The first-order chi connectivity index (χ1) is 12.1. The summed E-state index contributed by atoms with van der Waals surface area (Å²) in [4.78, 5) is 14.8. The fourth-order valence-electron chi connectivity index (χ4n) is 3.42. The molecule has 2 aromatic carbocycles. The number of hydrogen-bond donors (Lipinski definition) is 0. The van der Waals surface area contributed by atoms with Crippen LogP contribution in [0.5, 0.6) is 11.5 Å². The molecule has 0 N–H and O–H groups in total. The van der Waals surface area contributed by atoms with Crippen LogP contribution in [0.4, 0.5) is 0 Å². The van der Waals surface area contributed by atoms with E-state index in [9.17, 15) is 4.79 Å². The molecule has 1 fully saturated rings. The van der Waals surface area contributed by atoms with Gasteiger partial charge in [-0.25, -0.2) is 0 Å². The van der Waals surface area contributed by atoms with Crippen LogP contribution in [-0.4, -0.2) is 23.9 Å². The Hall–Kier alpha value is -2.29. The number of amides is 1. The molecule has 0 spiro atoms. The van der Waals surface area contributed by atoms with Gasteiger partial charge < -0.3 is 9.64 Å². The molecule has 131 valence electrons. The zero-order chi connectivity index (χ0) is 17.6. The van der Waals surface area contributed by atoms with E-state index in [0.29, 0.717) is 11.3 Å². The van der Waals surface area contributed by atoms with E-state index < -0.39 is 0 Å². The minimum atomic E-state index is 0.106. The summed E-state index contributed by atoms with van der Waals surface area (Å²) in [6.45, 7) is 6.08. The fourth-order valence-corrected chi connectivity index (χ4v) is 3.42. The van der Waals surface area contributed by atoms with E-state index in [1.165, 1.54) is 12.3 Å². The normalized spacial score (nSPS) is 15.4. The maximum absolute atomic E-state index is 12.8. The zero-order valence-corrected chi connectivity index (χ0v) is 15.1. The van der Waals surface area contributed by atoms with Crippen LogP contribution in [0.15, 0.2) is 54.6 Å². The largest absolute Gasteiger partial charge is 0.457 e. The summed E-state index contributed by atoms with van der Waals surface area (Å²) < 4.78 is 5.84. The van der Waals surface area contributed by atoms with Gasteiger partial charge in [-0.05, 0) is 61.4 Å². The van der Waals surface area contributed by atoms with Gasteiger partial charge in [0.1, 0.15) is 11.5 Å². The second-order valence-electron chi connectivity index (χ2n) is 7.09. The van der Waals surface area contributed by atoms with E-state index in [0.717, 1.165) is 37.6 Å². The number of carbonyl (C=O) groups excluding carboxylic acids is 1. The van der Waals surface area contributed by atoms with Crippen LogP contribution in [0.1, 0.15) is 43.5 Å². The summed E-state index contributed by atoms with van der Waals surface area (Å²) in [6.07, 6.45) is 3.37. The van der Waals surface area contributed by atoms with Crippen molar-refractivity contribution in [1.29, 1.82) is 0 Å². The lowest BCUT2D eigenvalue weighted by Crippen LogP contribution is -2.38. The van der Waals surface area contributed by atoms with Crippen molar-refractivity contribution in [3.63, 3.8) is 0 Å². The Kier molecular flexibility index (Phi) is 5.75. The highest BCUT2D eigenvalue weighted by Crippen LogP contribution is 2.27. The Morgan fingerprint density at radius 2 is 1.68 bits per heavy atom. The van der Waals surface area contributed by atoms with E-state index in [4.69, 9.17) is 4.74 Å². The predicted molar refractivity (Wildman–Crippen MR) is 101 cm³/mol. The van der Waals surface area contributed by atoms with Gasteiger partial charge in [0, 0.05) is 18.7 Å². The first-order valence-corrected chi connectivity index (χ1v) is 9.03. The Morgan fingerprint density at radius 1 is 1.00 bits per heavy atom. The van der Waals surface area contributed by atoms with Gasteiger partial charge in [-0.3, -0.25) is 4.79 Å². The second-order valence-corrected chi connectivity index (χ2v) is 7.09. The molecule has 3 nitrogen and oxygen atoms in total. The van der Waals surface area contributed by atoms with Crippen molar-refractivity contribution in [1.82, 2.24) is 4.90 Å². The third-order valence-electron chi connectivity index (χ3n) is 4.66. The van der Waals surface area contributed by atoms with Crippen LogP contribution in [0.25, 0.3) is 0 Å². The van der Waals surface area contributed by atoms with Crippen molar-refractivity contribution in [2.45, 2.75) is 33.1 Å². The molecule has 0 aliphatic carbocycles. The van der Waals surface area contributed by atoms with Crippen molar-refractivity contribution in [3.05, 3.63) is 66.1 Å². The van der Waals surface area contributed by atoms with Crippen LogP contribution in [0, 0.1) is 11.8 Å². The molecule has 1 saturated heterocycles. The number of likely N-dealkylation sites (tertiary alicyclic amines) is 1. The molecule has 1 radical (unpaired) electrons. The third kappa shape index (κ3) is 4.85. The smallest absolute Gasteiger partial charge is 0.253 e. The topological polar surface area (TPSA) is 29.5 Å². The van der Waals surface area contributed by atoms with E-state index in [1.807, 2.05) is 59.5 Å². The fraction of sp³-hybridized carbons (Fsp3) is 0.364. The summed E-state index contributed by atoms with van der Waals surface area (Å²) in [5.74, 6) is 3.79. The quantitative estimate of drug-likeness (QED) is 0.738. The molecule has 0 bridgehead atoms. The molecule has 1 aliphatic heterocycles. The minimum Gasteiger partial charge on any atom is -0.457 e. The van der Waals surface area contributed by atoms with Gasteiger partial charge in [0.05, 0.1) is 0 Å². The average molecular weight is 336 g/mol. The maximum atomic E-state index is 12.8. The Labute approximate surface area is 150 Å². The zero-order valence-electron chi connectivity index (χ0n) is 15.1. The summed E-state index contributed by atoms with van der Waals surface area (Å²) in [6, 6.07) is 17.1. The molecule has 0 aromatic heterocycles. The van der Waals surface area contributed by atoms with Crippen molar-refractivity contribution in [3.8, 4) is 11.5 Å². The number of nitrogens with zero attached hydrogens (tertiary/aromatic N) is 1. The Bertz CT molecular complexity index is 688. The van der Waals surface area contributed by atoms with Gasteiger partial charge in [-0.15, -0.1) is 0 Å². The SMILES string of the molecule is C[C](C)CC1CCN(C(=O)c2cccc(Oc3ccccc3)c2)CC1. The standard InChI is InChI=1S/C22H26NO2/c1-17(2)15-18-11-13-23(14-12-18)22(24)19-7-6-10-21(16-19)25-20-8-4-3-5-9-20/h3-10,16,18H,11-15H2,1-2H3. The maximum Gasteiger partial charge on any atom is 0.253 e. The molecule has 0 unspecified atom stereocenters. The molecule has 1 amide bonds. The number of carbonyl (C=O) groups is 1. The molecule has 3 rings (SSSR count). The number of benzene rings is 2. The van der Waals surface area contributed by atoms with E-state index in [2.05, 4.69) is 13.8 Å². The van der Waals surface area contributed by atoms with Gasteiger partial charge in [0.2, 0.25) is 0 Å². The van der Waals surface area contributed by atoms with Crippen LogP contribution in [0.2, 0.25) is 0 Å². The van der Waals surface area contributed by atoms with E-state index >= 15 is 0 Å². The molecule has 3 heteroatoms. The van der Waals surface area contributed by atoms with Crippen LogP contribution in [0.3, 0.4) is 0 Å². The predicted octanol–water partition coefficient (Wildman–Crippen LogP) is 5.34. The molecule has 1 aliphatic rings. The molecule has 0 atom stereocenters. The molecular formula is C22H26NO2. The van der Waals surface area contributed by atoms with Crippen molar-refractivity contribution in [2.24, 2.45) is 5.92 Å². The number of hydrogen-bond acceptors (Lipinski definition) is 2. The first-order valence-electron chi connectivity index (χ1n) is 9.03. The van der Waals surface area contributed by atoms with Crippen molar-refractivity contribution >= 4 is 5.91 Å². The molecule has 25 heavy (non-hydrogen) atoms. The number of para-hydroxylation sites is 1. The van der Waals surface area contributed by atoms with Crippen molar-refractivity contribution < 1.29 is 9.53 Å². The first kappa shape index (κ1) is 17.5. The summed E-state index contributed by atoms with van der Waals surface area (Å²) in [5, 5.41) is 0. The lowest BCUT2D eigenvalue weighted by molar-refractivity contribution is 0.0688. The molecule has 1 heterocycles. The van der Waals surface area contributed by atoms with Crippen LogP contribution in [-0.2, 0) is 0 Å². The highest BCUT2D eigenvalue weighted by molar-refractivity contribution is 5.94. The van der Waals surface area contributed by atoms with E-state index in [-0.39, 0.29) is 5.91 Å². The molecule has 2 aromatic rings. The monoisotopic (exact) mass is 336 g/mol. The Balaban J connectivity index is 1.62. The number of ether oxygens (including phenoxy) is 1. The van der Waals surface area contributed by atoms with Gasteiger partial charge in [-0.1, -0.05) is 38.1 Å². The lowest BCUT2D eigenvalue weighted by atomic mass is 9.88. The molecular weight excluding hydrogens is 310 g/mol. The van der Waals surface area contributed by atoms with Gasteiger partial charge in [0.15, 0.2) is 0 Å².